The van der Waals surface area contributed by atoms with Gasteiger partial charge in [0.2, 0.25) is 0 Å². The van der Waals surface area contributed by atoms with Crippen LogP contribution in [-0.2, 0) is 24.7 Å². The van der Waals surface area contributed by atoms with Gasteiger partial charge in [-0.2, -0.15) is 0 Å². The lowest BCUT2D eigenvalue weighted by atomic mass is 10.0. The van der Waals surface area contributed by atoms with Gasteiger partial charge in [0.05, 0.1) is 19.8 Å². The molecule has 1 aromatic carbocycles. The molecular weight excluding hydrogens is 313 g/mol. The minimum atomic E-state index is -3.48. The first-order valence-corrected chi connectivity index (χ1v) is 9.57. The minimum absolute atomic E-state index is 0. The van der Waals surface area contributed by atoms with E-state index >= 15 is 0 Å². The van der Waals surface area contributed by atoms with Crippen molar-refractivity contribution < 1.29 is 18.1 Å². The fraction of sp³-hybridized carbons (Fsp3) is 0.647. The van der Waals surface area contributed by atoms with E-state index in [0.29, 0.717) is 13.2 Å². The standard InChI is InChI=1S/C17H29O4P.H3N/c1-5-7-12-19-22(18,20-13-8-6-2)21-14-17-11-9-10-15(3)16(17)4;/h9-11H,5-8,12-14H2,1-4H3;1H3/p+1. The molecule has 134 valence electrons. The van der Waals surface area contributed by atoms with Crippen molar-refractivity contribution in [3.8, 4) is 0 Å². The van der Waals surface area contributed by atoms with Gasteiger partial charge in [0.15, 0.2) is 0 Å². The minimum Gasteiger partial charge on any atom is -0.369 e. The molecule has 0 heterocycles. The Morgan fingerprint density at radius 2 is 1.52 bits per heavy atom. The Morgan fingerprint density at radius 1 is 0.957 bits per heavy atom. The van der Waals surface area contributed by atoms with Gasteiger partial charge in [0, 0.05) is 0 Å². The number of hydrogen-bond donors (Lipinski definition) is 1. The molecule has 0 aliphatic carbocycles. The second-order valence-electron chi connectivity index (χ2n) is 5.45. The zero-order valence-electron chi connectivity index (χ0n) is 15.3. The number of rotatable bonds is 11. The third-order valence-corrected chi connectivity index (χ3v) is 5.03. The van der Waals surface area contributed by atoms with Crippen molar-refractivity contribution in [2.45, 2.75) is 60.0 Å². The van der Waals surface area contributed by atoms with Gasteiger partial charge in [-0.05, 0) is 43.4 Å². The SMILES string of the molecule is CCCCOP(=O)(OCCCC)OCc1cccc(C)c1C.[NH4+]. The highest BCUT2D eigenvalue weighted by Crippen LogP contribution is 2.50. The average molecular weight is 346 g/mol. The summed E-state index contributed by atoms with van der Waals surface area (Å²) in [4.78, 5) is 0. The Kier molecular flexibility index (Phi) is 11.4. The molecule has 5 nitrogen and oxygen atoms in total. The molecule has 4 N–H and O–H groups in total. The van der Waals surface area contributed by atoms with Crippen LogP contribution in [0.1, 0.15) is 56.2 Å². The summed E-state index contributed by atoms with van der Waals surface area (Å²) in [7, 11) is -3.48. The van der Waals surface area contributed by atoms with Crippen molar-refractivity contribution in [2.75, 3.05) is 13.2 Å². The van der Waals surface area contributed by atoms with Crippen molar-refractivity contribution in [3.05, 3.63) is 34.9 Å². The Balaban J connectivity index is 0.00000484. The topological polar surface area (TPSA) is 81.3 Å². The lowest BCUT2D eigenvalue weighted by Crippen LogP contribution is -2.04. The van der Waals surface area contributed by atoms with Crippen LogP contribution in [0.5, 0.6) is 0 Å². The molecular formula is C17H33NO4P+. The predicted molar refractivity (Wildman–Crippen MR) is 96.0 cm³/mol. The monoisotopic (exact) mass is 346 g/mol. The number of hydrogen-bond acceptors (Lipinski definition) is 4. The van der Waals surface area contributed by atoms with Gasteiger partial charge in [-0.1, -0.05) is 44.9 Å². The maximum absolute atomic E-state index is 12.7. The van der Waals surface area contributed by atoms with Crippen molar-refractivity contribution in [2.24, 2.45) is 0 Å². The first kappa shape index (κ1) is 22.3. The van der Waals surface area contributed by atoms with Crippen LogP contribution in [0.3, 0.4) is 0 Å². The van der Waals surface area contributed by atoms with Crippen LogP contribution in [-0.4, -0.2) is 13.2 Å². The van der Waals surface area contributed by atoms with E-state index < -0.39 is 7.82 Å². The Labute approximate surface area is 140 Å². The molecule has 0 fully saturated rings. The number of aryl methyl sites for hydroxylation is 1. The maximum Gasteiger partial charge on any atom is 0.475 e. The van der Waals surface area contributed by atoms with Crippen molar-refractivity contribution in [3.63, 3.8) is 0 Å². The summed E-state index contributed by atoms with van der Waals surface area (Å²) in [6.07, 6.45) is 3.64. The van der Waals surface area contributed by atoms with Gasteiger partial charge in [-0.25, -0.2) is 4.57 Å². The van der Waals surface area contributed by atoms with E-state index in [4.69, 9.17) is 13.6 Å². The second kappa shape index (κ2) is 11.8. The molecule has 1 rings (SSSR count). The molecule has 0 amide bonds. The molecule has 23 heavy (non-hydrogen) atoms. The molecule has 0 saturated heterocycles. The zero-order valence-corrected chi connectivity index (χ0v) is 16.2. The lowest BCUT2D eigenvalue weighted by molar-refractivity contribution is 0.106. The van der Waals surface area contributed by atoms with Gasteiger partial charge in [0.1, 0.15) is 0 Å². The first-order chi connectivity index (χ1) is 10.5. The molecule has 1 aromatic rings. The molecule has 0 saturated carbocycles. The van der Waals surface area contributed by atoms with Gasteiger partial charge in [-0.15, -0.1) is 0 Å². The molecule has 6 heteroatoms. The van der Waals surface area contributed by atoms with Crippen molar-refractivity contribution >= 4 is 7.82 Å². The summed E-state index contributed by atoms with van der Waals surface area (Å²) in [5, 5.41) is 0. The van der Waals surface area contributed by atoms with Crippen LogP contribution < -0.4 is 6.15 Å². The largest absolute Gasteiger partial charge is 0.475 e. The summed E-state index contributed by atoms with van der Waals surface area (Å²) in [6, 6.07) is 6.00. The van der Waals surface area contributed by atoms with E-state index in [1.807, 2.05) is 32.0 Å². The van der Waals surface area contributed by atoms with Gasteiger partial charge in [-0.3, -0.25) is 13.6 Å². The molecule has 0 aliphatic heterocycles. The smallest absolute Gasteiger partial charge is 0.369 e. The van der Waals surface area contributed by atoms with Crippen LogP contribution in [0, 0.1) is 13.8 Å². The fourth-order valence-corrected chi connectivity index (χ4v) is 3.10. The summed E-state index contributed by atoms with van der Waals surface area (Å²) in [5.74, 6) is 0. The van der Waals surface area contributed by atoms with Crippen LogP contribution in [0.4, 0.5) is 0 Å². The molecule has 0 atom stereocenters. The second-order valence-corrected chi connectivity index (χ2v) is 7.12. The predicted octanol–water partition coefficient (Wildman–Crippen LogP) is 5.94. The molecule has 0 aliphatic rings. The highest BCUT2D eigenvalue weighted by Gasteiger charge is 2.26. The molecule has 0 bridgehead atoms. The summed E-state index contributed by atoms with van der Waals surface area (Å²) < 4.78 is 29.1. The Morgan fingerprint density at radius 3 is 2.04 bits per heavy atom. The third-order valence-electron chi connectivity index (χ3n) is 3.59. The number of unbranched alkanes of at least 4 members (excludes halogenated alkanes) is 2. The first-order valence-electron chi connectivity index (χ1n) is 8.11. The van der Waals surface area contributed by atoms with Crippen molar-refractivity contribution in [1.29, 1.82) is 0 Å². The molecule has 0 aromatic heterocycles. The van der Waals surface area contributed by atoms with Gasteiger partial charge < -0.3 is 6.15 Å². The summed E-state index contributed by atoms with van der Waals surface area (Å²) >= 11 is 0. The number of benzene rings is 1. The number of quaternary nitrogens is 1. The molecule has 0 spiro atoms. The summed E-state index contributed by atoms with van der Waals surface area (Å²) in [6.45, 7) is 9.23. The van der Waals surface area contributed by atoms with E-state index in [2.05, 4.69) is 13.8 Å². The quantitative estimate of drug-likeness (QED) is 0.397. The summed E-state index contributed by atoms with van der Waals surface area (Å²) in [5.41, 5.74) is 3.35. The highest BCUT2D eigenvalue weighted by atomic mass is 31.2. The van der Waals surface area contributed by atoms with E-state index in [-0.39, 0.29) is 12.8 Å². The maximum atomic E-state index is 12.7. The lowest BCUT2D eigenvalue weighted by Gasteiger charge is -2.19. The van der Waals surface area contributed by atoms with Crippen LogP contribution in [0.25, 0.3) is 0 Å². The van der Waals surface area contributed by atoms with Crippen LogP contribution >= 0.6 is 7.82 Å². The number of phosphoric ester groups is 1. The average Bonchev–Trinajstić information content (AvgIpc) is 2.49. The molecule has 0 unspecified atom stereocenters. The van der Waals surface area contributed by atoms with Crippen LogP contribution in [0.15, 0.2) is 18.2 Å². The number of phosphoric acid groups is 1. The van der Waals surface area contributed by atoms with Crippen molar-refractivity contribution in [1.82, 2.24) is 6.15 Å². The highest BCUT2D eigenvalue weighted by molar-refractivity contribution is 7.48. The normalized spacial score (nSPS) is 11.3. The fourth-order valence-electron chi connectivity index (χ4n) is 1.87. The van der Waals surface area contributed by atoms with E-state index in [9.17, 15) is 4.57 Å². The van der Waals surface area contributed by atoms with Crippen LogP contribution in [0.2, 0.25) is 0 Å². The van der Waals surface area contributed by atoms with E-state index in [1.165, 1.54) is 5.56 Å². The van der Waals surface area contributed by atoms with E-state index in [0.717, 1.165) is 36.8 Å². The molecule has 0 radical (unpaired) electrons. The zero-order chi connectivity index (χ0) is 16.4. The third kappa shape index (κ3) is 8.09. The Bertz CT molecular complexity index is 479. The van der Waals surface area contributed by atoms with E-state index in [1.54, 1.807) is 0 Å². The van der Waals surface area contributed by atoms with Gasteiger partial charge >= 0.3 is 7.82 Å². The Hall–Kier alpha value is -0.710. The van der Waals surface area contributed by atoms with Gasteiger partial charge in [0.25, 0.3) is 0 Å².